The third-order valence-corrected chi connectivity index (χ3v) is 7.76. The predicted octanol–water partition coefficient (Wildman–Crippen LogP) is 5.42. The Labute approximate surface area is 267 Å². The number of Topliss-reactive ketones (excluding diaryl/α,β-unsaturated/α-hetero) is 1. The third-order valence-electron chi connectivity index (χ3n) is 7.76. The molecule has 1 aliphatic rings. The molecule has 5 rings (SSSR count). The number of alkyl halides is 3. The molecule has 0 radical (unpaired) electrons. The van der Waals surface area contributed by atoms with Crippen molar-refractivity contribution in [2.75, 3.05) is 20.3 Å². The van der Waals surface area contributed by atoms with Crippen molar-refractivity contribution in [3.05, 3.63) is 95.2 Å². The Balaban J connectivity index is 1.31. The fraction of sp³-hybridized carbons (Fsp3) is 0.265. The number of ketones is 1. The van der Waals surface area contributed by atoms with Crippen LogP contribution in [0.15, 0.2) is 72.8 Å². The number of benzene rings is 3. The number of nitrogens with zero attached hydrogens (tertiary/aromatic N) is 1. The van der Waals surface area contributed by atoms with Crippen LogP contribution < -0.4 is 15.4 Å². The zero-order valence-corrected chi connectivity index (χ0v) is 25.5. The quantitative estimate of drug-likeness (QED) is 0.172. The lowest BCUT2D eigenvalue weighted by Crippen LogP contribution is -2.54. The van der Waals surface area contributed by atoms with E-state index in [4.69, 9.17) is 14.2 Å². The molecule has 2 amide bonds. The van der Waals surface area contributed by atoms with E-state index in [2.05, 4.69) is 15.6 Å². The second-order valence-corrected chi connectivity index (χ2v) is 10.7. The number of nitrogens with one attached hydrogen (secondary N) is 2. The molecular weight excluding hydrogens is 619 g/mol. The fourth-order valence-electron chi connectivity index (χ4n) is 5.53. The summed E-state index contributed by atoms with van der Waals surface area (Å²) in [5, 5.41) is 4.68. The number of rotatable bonds is 10. The van der Waals surface area contributed by atoms with Gasteiger partial charge in [-0.25, -0.2) is 14.6 Å². The summed E-state index contributed by atoms with van der Waals surface area (Å²) in [5.74, 6) is -3.24. The fourth-order valence-corrected chi connectivity index (χ4v) is 5.53. The first kappa shape index (κ1) is 32.9. The molecule has 3 aromatic carbocycles. The summed E-state index contributed by atoms with van der Waals surface area (Å²) in [6.07, 6.45) is -5.68. The average Bonchev–Trinajstić information content (AvgIpc) is 3.38. The molecule has 0 aliphatic heterocycles. The van der Waals surface area contributed by atoms with Crippen molar-refractivity contribution in [3.63, 3.8) is 0 Å². The van der Waals surface area contributed by atoms with Crippen LogP contribution in [-0.4, -0.2) is 61.1 Å². The number of hydrogen-bond donors (Lipinski definition) is 2. The van der Waals surface area contributed by atoms with Crippen molar-refractivity contribution < 1.29 is 46.6 Å². The van der Waals surface area contributed by atoms with E-state index in [-0.39, 0.29) is 41.3 Å². The molecule has 2 N–H and O–H groups in total. The second kappa shape index (κ2) is 13.5. The maximum absolute atomic E-state index is 13.4. The Hall–Kier alpha value is -5.46. The van der Waals surface area contributed by atoms with E-state index in [1.807, 2.05) is 48.5 Å². The van der Waals surface area contributed by atoms with Crippen molar-refractivity contribution >= 4 is 34.7 Å². The van der Waals surface area contributed by atoms with Gasteiger partial charge in [-0.05, 0) is 60.4 Å². The van der Waals surface area contributed by atoms with Crippen LogP contribution in [0.5, 0.6) is 5.75 Å². The number of pyridine rings is 1. The number of carbonyl (C=O) groups is 4. The van der Waals surface area contributed by atoms with E-state index in [9.17, 15) is 32.3 Å². The Kier molecular flexibility index (Phi) is 9.45. The standard InChI is InChI=1S/C34H30F3N3O7/c1-4-46-32(43)29(40-31(42)24-13-15-26(45-3)28-23(24)14-16-27(39-28)34(35,36)37)30(41)18(2)38-33(44)47-17-25-21-11-7-5-9-19(21)20-10-6-8-12-22(20)25/h5-16,18,25,29H,4,17H2,1-3H3,(H,38,44)(H,40,42)/t18-,29?/m0/s1. The number of alkyl carbamates (subject to hydrolysis) is 1. The monoisotopic (exact) mass is 649 g/mol. The number of halogens is 3. The van der Waals surface area contributed by atoms with Crippen LogP contribution in [0.2, 0.25) is 0 Å². The van der Waals surface area contributed by atoms with Crippen molar-refractivity contribution in [1.82, 2.24) is 15.6 Å². The Bertz CT molecular complexity index is 1820. The molecule has 0 fully saturated rings. The molecule has 1 unspecified atom stereocenters. The van der Waals surface area contributed by atoms with Crippen molar-refractivity contribution in [2.24, 2.45) is 0 Å². The zero-order valence-electron chi connectivity index (χ0n) is 25.5. The smallest absolute Gasteiger partial charge is 0.433 e. The first-order valence-electron chi connectivity index (χ1n) is 14.6. The highest BCUT2D eigenvalue weighted by atomic mass is 19.4. The maximum atomic E-state index is 13.4. The first-order valence-corrected chi connectivity index (χ1v) is 14.6. The molecule has 0 saturated carbocycles. The van der Waals surface area contributed by atoms with Crippen LogP contribution in [0.25, 0.3) is 22.0 Å². The molecule has 0 spiro atoms. The van der Waals surface area contributed by atoms with Crippen molar-refractivity contribution in [3.8, 4) is 16.9 Å². The van der Waals surface area contributed by atoms with Crippen molar-refractivity contribution in [1.29, 1.82) is 0 Å². The Morgan fingerprint density at radius 3 is 2.11 bits per heavy atom. The highest BCUT2D eigenvalue weighted by Gasteiger charge is 2.36. The number of aromatic nitrogens is 1. The van der Waals surface area contributed by atoms with E-state index in [1.165, 1.54) is 33.1 Å². The highest BCUT2D eigenvalue weighted by Crippen LogP contribution is 2.44. The summed E-state index contributed by atoms with van der Waals surface area (Å²) in [6, 6.07) is 16.6. The molecule has 0 saturated heterocycles. The summed E-state index contributed by atoms with van der Waals surface area (Å²) >= 11 is 0. The van der Waals surface area contributed by atoms with E-state index in [0.717, 1.165) is 28.3 Å². The minimum Gasteiger partial charge on any atom is -0.494 e. The highest BCUT2D eigenvalue weighted by molar-refractivity contribution is 6.13. The van der Waals surface area contributed by atoms with Gasteiger partial charge in [0, 0.05) is 16.9 Å². The molecule has 47 heavy (non-hydrogen) atoms. The SMILES string of the molecule is CCOC(=O)C(NC(=O)c1ccc(OC)c2nc(C(F)(F)F)ccc12)C(=O)[C@H](C)NC(=O)OCC1c2ccccc2-c2ccccc21. The van der Waals surface area contributed by atoms with Gasteiger partial charge in [0.1, 0.15) is 23.6 Å². The van der Waals surface area contributed by atoms with Crippen LogP contribution in [-0.2, 0) is 25.2 Å². The number of ether oxygens (including phenoxy) is 3. The van der Waals surface area contributed by atoms with Gasteiger partial charge in [0.2, 0.25) is 0 Å². The summed E-state index contributed by atoms with van der Waals surface area (Å²) in [7, 11) is 1.23. The van der Waals surface area contributed by atoms with Gasteiger partial charge in [-0.2, -0.15) is 13.2 Å². The molecule has 1 aromatic heterocycles. The van der Waals surface area contributed by atoms with E-state index in [1.54, 1.807) is 0 Å². The Morgan fingerprint density at radius 1 is 0.872 bits per heavy atom. The molecule has 2 atom stereocenters. The maximum Gasteiger partial charge on any atom is 0.433 e. The van der Waals surface area contributed by atoms with Crippen LogP contribution >= 0.6 is 0 Å². The van der Waals surface area contributed by atoms with Gasteiger partial charge >= 0.3 is 18.2 Å². The molecule has 4 aromatic rings. The number of fused-ring (bicyclic) bond motifs is 4. The number of carbonyl (C=O) groups excluding carboxylic acids is 4. The minimum atomic E-state index is -4.75. The topological polar surface area (TPSA) is 133 Å². The first-order chi connectivity index (χ1) is 22.4. The van der Waals surface area contributed by atoms with Gasteiger partial charge in [0.05, 0.1) is 19.8 Å². The number of hydrogen-bond acceptors (Lipinski definition) is 8. The van der Waals surface area contributed by atoms with Crippen LogP contribution in [0.1, 0.15) is 46.9 Å². The summed E-state index contributed by atoms with van der Waals surface area (Å²) < 4.78 is 55.6. The molecule has 1 heterocycles. The van der Waals surface area contributed by atoms with Gasteiger partial charge in [0.15, 0.2) is 11.8 Å². The number of esters is 1. The van der Waals surface area contributed by atoms with Gasteiger partial charge in [0.25, 0.3) is 5.91 Å². The minimum absolute atomic E-state index is 0.0188. The number of methoxy groups -OCH3 is 1. The van der Waals surface area contributed by atoms with Gasteiger partial charge < -0.3 is 24.8 Å². The van der Waals surface area contributed by atoms with Crippen LogP contribution in [0, 0.1) is 0 Å². The predicted molar refractivity (Wildman–Crippen MR) is 164 cm³/mol. The van der Waals surface area contributed by atoms with Crippen LogP contribution in [0.3, 0.4) is 0 Å². The molecular formula is C34H30F3N3O7. The normalized spacial score (nSPS) is 13.6. The van der Waals surface area contributed by atoms with E-state index in [0.29, 0.717) is 6.07 Å². The zero-order chi connectivity index (χ0) is 33.9. The second-order valence-electron chi connectivity index (χ2n) is 10.7. The lowest BCUT2D eigenvalue weighted by Gasteiger charge is -2.21. The third kappa shape index (κ3) is 6.74. The average molecular weight is 650 g/mol. The molecule has 10 nitrogen and oxygen atoms in total. The lowest BCUT2D eigenvalue weighted by molar-refractivity contribution is -0.149. The summed E-state index contributed by atoms with van der Waals surface area (Å²) in [4.78, 5) is 56.1. The van der Waals surface area contributed by atoms with Crippen LogP contribution in [0.4, 0.5) is 18.0 Å². The lowest BCUT2D eigenvalue weighted by atomic mass is 9.98. The van der Waals surface area contributed by atoms with Crippen molar-refractivity contribution in [2.45, 2.75) is 38.0 Å². The molecule has 0 bridgehead atoms. The van der Waals surface area contributed by atoms with Gasteiger partial charge in [-0.15, -0.1) is 0 Å². The van der Waals surface area contributed by atoms with Gasteiger partial charge in [-0.3, -0.25) is 9.59 Å². The molecule has 1 aliphatic carbocycles. The van der Waals surface area contributed by atoms with E-state index < -0.39 is 47.7 Å². The molecule has 244 valence electrons. The van der Waals surface area contributed by atoms with E-state index >= 15 is 0 Å². The largest absolute Gasteiger partial charge is 0.494 e. The molecule has 13 heteroatoms. The number of amides is 2. The van der Waals surface area contributed by atoms with Gasteiger partial charge in [-0.1, -0.05) is 48.5 Å². The summed E-state index contributed by atoms with van der Waals surface area (Å²) in [5.41, 5.74) is 2.43. The summed E-state index contributed by atoms with van der Waals surface area (Å²) in [6.45, 7) is 2.67. The Morgan fingerprint density at radius 2 is 1.51 bits per heavy atom.